The maximum Gasteiger partial charge on any atom is 0.273 e. The molecule has 150 heavy (non-hydrogen) atoms. The first kappa shape index (κ1) is 104. The number of nitrogens with zero attached hydrogens (tertiary/aromatic N) is 16. The summed E-state index contributed by atoms with van der Waals surface area (Å²) in [4.78, 5) is 82.8. The van der Waals surface area contributed by atoms with Gasteiger partial charge < -0.3 is 36.1 Å². The lowest BCUT2D eigenvalue weighted by Crippen LogP contribution is -2.16. The third kappa shape index (κ3) is 27.1. The fourth-order valence-electron chi connectivity index (χ4n) is 16.8. The van der Waals surface area contributed by atoms with Crippen LogP contribution in [0.4, 0.5) is 39.8 Å². The Balaban J connectivity index is 0.000000128. The van der Waals surface area contributed by atoms with E-state index in [-0.39, 0.29) is 59.7 Å². The maximum absolute atomic E-state index is 12.4. The first-order chi connectivity index (χ1) is 72.6. The number of benzene rings is 11. The summed E-state index contributed by atoms with van der Waals surface area (Å²) in [5.41, 5.74) is 30.2. The lowest BCUT2D eigenvalue weighted by Gasteiger charge is -2.10. The molecular weight excluding hydrogens is 1880 g/mol. The van der Waals surface area contributed by atoms with Gasteiger partial charge in [-0.2, -0.15) is 40.8 Å². The van der Waals surface area contributed by atoms with Crippen molar-refractivity contribution in [2.75, 3.05) is 26.6 Å². The maximum atomic E-state index is 12.4. The van der Waals surface area contributed by atoms with E-state index in [2.05, 4.69) is 164 Å². The number of anilines is 5. The van der Waals surface area contributed by atoms with Gasteiger partial charge in [0.1, 0.15) is 58.6 Å². The van der Waals surface area contributed by atoms with E-state index < -0.39 is 0 Å². The van der Waals surface area contributed by atoms with Crippen molar-refractivity contribution in [2.45, 2.75) is 86.2 Å². The van der Waals surface area contributed by atoms with Gasteiger partial charge in [0, 0.05) is 137 Å². The SMILES string of the molecule is Cc1cc(/C=C/c2ccccc2)ccc1NC(=O)c1ccnn1C.Cc1cc(/C=C/c2cccnc2C)ccc1CC(=O)c1ccnn1C.Cc1cc(C2OC2c2ccccc2)ccc1NC(=O)c1ccnn1C.Cc1cc(C2OC2c2ccccc2C)ccc1NC(=O)c1ccnn1C.Cc1ccccc1N=Nc1ccc(NC(=O)c2ccnn2C)cc1C.Cn1nccc1C(=O)Nc1ccc2nc(-c3ccccc3)ccc2c1. The molecule has 0 saturated carbocycles. The van der Waals surface area contributed by atoms with Crippen molar-refractivity contribution in [3.8, 4) is 11.3 Å². The zero-order valence-corrected chi connectivity index (χ0v) is 85.7. The monoisotopic (exact) mass is 1990 g/mol. The van der Waals surface area contributed by atoms with Crippen LogP contribution in [0, 0.1) is 55.4 Å². The number of hydrogen-bond donors (Lipinski definition) is 5. The van der Waals surface area contributed by atoms with E-state index in [1.165, 1.54) is 21.4 Å². The smallest absolute Gasteiger partial charge is 0.273 e. The van der Waals surface area contributed by atoms with Crippen LogP contribution in [0.3, 0.4) is 0 Å². The Kier molecular flexibility index (Phi) is 33.8. The van der Waals surface area contributed by atoms with E-state index in [1.807, 2.05) is 261 Å². The highest BCUT2D eigenvalue weighted by atomic mass is 16.6. The van der Waals surface area contributed by atoms with E-state index in [0.29, 0.717) is 46.3 Å². The molecule has 4 unspecified atom stereocenters. The molecular formula is C121H115N21O8. The van der Waals surface area contributed by atoms with Gasteiger partial charge in [0.2, 0.25) is 0 Å². The van der Waals surface area contributed by atoms with Gasteiger partial charge in [-0.15, -0.1) is 0 Å². The highest BCUT2D eigenvalue weighted by molar-refractivity contribution is 6.07. The fraction of sp³-hybridized carbons (Fsp3) is 0.157. The molecule has 10 heterocycles. The number of aromatic nitrogens is 14. The molecule has 5 amide bonds. The minimum atomic E-state index is -0.200. The van der Waals surface area contributed by atoms with Crippen LogP contribution >= 0.6 is 0 Å². The standard InChI is InChI=1S/C21H21N3O2.C21H21N3O.C20H16N4O.C20H19N3O2.C20H19N3O.C19H19N5O/c1-13-6-4-5-7-16(13)20-19(26-20)15-8-9-17(14(2)12-15)23-21(25)18-10-11-22-24(18)3;1-15-13-17(6-8-18-5-4-11-22-16(18)2)7-9-19(15)14-21(25)20-10-12-23-24(20)3;1-24-19(11-12-21-24)20(25)22-16-8-10-18-15(13-16)7-9-17(23-18)14-5-3-2-4-6-14;1-13-12-15(19-18(25-19)14-6-4-3-5-7-14)8-9-16(13)22-20(24)17-10-11-21-23(17)2;1-15-14-17(9-8-16-6-4-3-5-7-16)10-11-18(15)22-20(24)19-12-13-21-23(19)2;1-13-6-4-5-7-16(13)22-23-17-9-8-15(12-14(17)2)21-19(25)18-10-11-20-24(18)3/h4-12,19-20H,1-3H3,(H,23,25);4-13H,14H2,1-3H3;2-13H,1H3,(H,22,25);3-12,18-19H,1-2H3,(H,22,24);3-14H,1-2H3,(H,22,24);4-12H,1-3H3,(H,21,25)/b;8-6+;;;9-8+;. The third-order valence-corrected chi connectivity index (χ3v) is 25.5. The number of amides is 5. The van der Waals surface area contributed by atoms with Gasteiger partial charge in [0.05, 0.1) is 22.6 Å². The topological polar surface area (TPSA) is 345 Å². The quantitative estimate of drug-likeness (QED) is 0.0162. The number of fused-ring (bicyclic) bond motifs is 1. The van der Waals surface area contributed by atoms with Crippen LogP contribution in [0.15, 0.2) is 363 Å². The minimum absolute atomic E-state index is 0.0802. The van der Waals surface area contributed by atoms with Crippen molar-refractivity contribution in [3.63, 3.8) is 0 Å². The summed E-state index contributed by atoms with van der Waals surface area (Å²) in [6.07, 6.45) is 20.5. The molecule has 0 bridgehead atoms. The fourth-order valence-corrected chi connectivity index (χ4v) is 16.8. The molecule has 29 heteroatoms. The molecule has 4 atom stereocenters. The van der Waals surface area contributed by atoms with Crippen molar-refractivity contribution >= 4 is 110 Å². The zero-order valence-electron chi connectivity index (χ0n) is 85.7. The summed E-state index contributed by atoms with van der Waals surface area (Å²) in [5, 5.41) is 48.3. The highest BCUT2D eigenvalue weighted by Gasteiger charge is 2.43. The van der Waals surface area contributed by atoms with E-state index in [4.69, 9.17) is 14.5 Å². The Labute approximate surface area is 870 Å². The normalized spacial score (nSPS) is 13.6. The van der Waals surface area contributed by atoms with E-state index in [0.717, 1.165) is 134 Å². The van der Waals surface area contributed by atoms with Gasteiger partial charge in [-0.25, -0.2) is 4.98 Å². The predicted molar refractivity (Wildman–Crippen MR) is 590 cm³/mol. The largest absolute Gasteiger partial charge is 0.359 e. The van der Waals surface area contributed by atoms with Gasteiger partial charge in [-0.3, -0.25) is 61.8 Å². The number of hydrogen-bond acceptors (Lipinski definition) is 18. The van der Waals surface area contributed by atoms with E-state index in [9.17, 15) is 28.8 Å². The average molecular weight is 1990 g/mol. The van der Waals surface area contributed by atoms with E-state index in [1.54, 1.807) is 145 Å². The number of epoxide rings is 2. The summed E-state index contributed by atoms with van der Waals surface area (Å²) < 4.78 is 21.1. The molecule has 0 spiro atoms. The van der Waals surface area contributed by atoms with Gasteiger partial charge in [-0.05, 0) is 260 Å². The van der Waals surface area contributed by atoms with Crippen LogP contribution in [-0.2, 0) is 58.2 Å². The van der Waals surface area contributed by atoms with Crippen molar-refractivity contribution in [1.82, 2.24) is 68.7 Å². The van der Waals surface area contributed by atoms with E-state index >= 15 is 0 Å². The number of carbonyl (C=O) groups excluding carboxylic acids is 6. The first-order valence-electron chi connectivity index (χ1n) is 48.8. The molecule has 2 aliphatic heterocycles. The Morgan fingerprint density at radius 2 is 0.733 bits per heavy atom. The average Bonchev–Trinajstić information content (AvgIpc) is 1.64. The number of ether oxygens (including phenoxy) is 2. The van der Waals surface area contributed by atoms with Crippen LogP contribution in [0.1, 0.15) is 182 Å². The molecule has 5 N–H and O–H groups in total. The van der Waals surface area contributed by atoms with Gasteiger partial charge in [0.25, 0.3) is 29.5 Å². The van der Waals surface area contributed by atoms with Gasteiger partial charge >= 0.3 is 0 Å². The molecule has 8 aromatic heterocycles. The summed E-state index contributed by atoms with van der Waals surface area (Å²) in [6.45, 7) is 16.0. The lowest BCUT2D eigenvalue weighted by atomic mass is 9.99. The number of nitrogens with one attached hydrogen (secondary N) is 5. The van der Waals surface area contributed by atoms with Gasteiger partial charge in [0.15, 0.2) is 5.78 Å². The summed E-state index contributed by atoms with van der Waals surface area (Å²) in [7, 11) is 10.5. The molecule has 2 saturated heterocycles. The number of azo groups is 1. The summed E-state index contributed by atoms with van der Waals surface area (Å²) in [5.74, 6) is -0.799. The number of Topliss-reactive ketones (excluding diaryl/α,β-unsaturated/α-hetero) is 1. The van der Waals surface area contributed by atoms with Crippen molar-refractivity contribution in [2.24, 2.45) is 52.5 Å². The molecule has 19 aromatic rings. The Morgan fingerprint density at radius 3 is 1.23 bits per heavy atom. The predicted octanol–water partition coefficient (Wildman–Crippen LogP) is 24.7. The second-order valence-corrected chi connectivity index (χ2v) is 36.3. The van der Waals surface area contributed by atoms with Crippen molar-refractivity contribution in [1.29, 1.82) is 0 Å². The Bertz CT molecular complexity index is 8150. The second-order valence-electron chi connectivity index (χ2n) is 36.3. The van der Waals surface area contributed by atoms with Crippen LogP contribution in [0.25, 0.3) is 46.5 Å². The minimum Gasteiger partial charge on any atom is -0.359 e. The lowest BCUT2D eigenvalue weighted by molar-refractivity contribution is 0.0978. The van der Waals surface area contributed by atoms with Crippen molar-refractivity contribution in [3.05, 3.63) is 482 Å². The van der Waals surface area contributed by atoms with Crippen LogP contribution < -0.4 is 26.6 Å². The number of aryl methyl sites for hydroxylation is 14. The summed E-state index contributed by atoms with van der Waals surface area (Å²) >= 11 is 0. The molecule has 0 aliphatic carbocycles. The molecule has 21 rings (SSSR count). The van der Waals surface area contributed by atoms with Crippen LogP contribution in [0.5, 0.6) is 0 Å². The number of carbonyl (C=O) groups is 6. The Morgan fingerprint density at radius 1 is 0.313 bits per heavy atom. The van der Waals surface area contributed by atoms with Crippen LogP contribution in [-0.4, -0.2) is 104 Å². The first-order valence-corrected chi connectivity index (χ1v) is 48.8. The number of ketones is 1. The zero-order chi connectivity index (χ0) is 105. The molecule has 0 radical (unpaired) electrons. The summed E-state index contributed by atoms with van der Waals surface area (Å²) in [6, 6.07) is 100. The molecule has 2 aliphatic rings. The van der Waals surface area contributed by atoms with Crippen molar-refractivity contribution < 1.29 is 38.2 Å². The molecule has 29 nitrogen and oxygen atoms in total. The molecule has 2 fully saturated rings. The highest BCUT2D eigenvalue weighted by Crippen LogP contribution is 2.53. The number of rotatable bonds is 24. The molecule has 11 aromatic carbocycles. The van der Waals surface area contributed by atoms with Gasteiger partial charge in [-0.1, -0.05) is 218 Å². The Hall–Kier alpha value is -18.7. The van der Waals surface area contributed by atoms with Crippen LogP contribution in [0.2, 0.25) is 0 Å². The molecule has 752 valence electrons. The third-order valence-electron chi connectivity index (χ3n) is 25.5. The number of pyridine rings is 2. The second kappa shape index (κ2) is 48.8.